The Morgan fingerprint density at radius 1 is 1.45 bits per heavy atom. The van der Waals surface area contributed by atoms with Crippen LogP contribution in [0.5, 0.6) is 0 Å². The normalized spacial score (nSPS) is 12.8. The highest BCUT2D eigenvalue weighted by atomic mass is 16.6. The predicted octanol–water partition coefficient (Wildman–Crippen LogP) is 2.96. The molecule has 0 radical (unpaired) electrons. The summed E-state index contributed by atoms with van der Waals surface area (Å²) in [6.45, 7) is 7.01. The Morgan fingerprint density at radius 3 is 2.50 bits per heavy atom. The summed E-state index contributed by atoms with van der Waals surface area (Å²) in [5.41, 5.74) is 5.44. The summed E-state index contributed by atoms with van der Waals surface area (Å²) in [7, 11) is 0. The first-order valence-corrected chi connectivity index (χ1v) is 6.43. The summed E-state index contributed by atoms with van der Waals surface area (Å²) in [6.07, 6.45) is 0.656. The molecule has 0 aliphatic heterocycles. The van der Waals surface area contributed by atoms with Gasteiger partial charge in [-0.3, -0.25) is 10.1 Å². The molecule has 0 aliphatic rings. The lowest BCUT2D eigenvalue weighted by molar-refractivity contribution is -0.385. The molecule has 0 heterocycles. The van der Waals surface area contributed by atoms with E-state index in [9.17, 15) is 14.9 Å². The first-order valence-electron chi connectivity index (χ1n) is 6.43. The molecule has 1 atom stereocenters. The van der Waals surface area contributed by atoms with Crippen molar-refractivity contribution in [2.24, 2.45) is 5.73 Å². The van der Waals surface area contributed by atoms with E-state index < -0.39 is 16.5 Å². The van der Waals surface area contributed by atoms with Gasteiger partial charge in [-0.1, -0.05) is 13.0 Å². The van der Waals surface area contributed by atoms with Crippen molar-refractivity contribution in [2.75, 3.05) is 0 Å². The molecule has 20 heavy (non-hydrogen) atoms. The van der Waals surface area contributed by atoms with E-state index in [0.29, 0.717) is 12.0 Å². The van der Waals surface area contributed by atoms with Crippen molar-refractivity contribution in [3.8, 4) is 0 Å². The summed E-state index contributed by atoms with van der Waals surface area (Å²) < 4.78 is 5.17. The van der Waals surface area contributed by atoms with E-state index in [1.807, 2.05) is 6.92 Å². The molecule has 0 saturated heterocycles. The highest BCUT2D eigenvalue weighted by molar-refractivity contribution is 5.94. The molecular weight excluding hydrogens is 260 g/mol. The average molecular weight is 280 g/mol. The minimum atomic E-state index is -0.708. The van der Waals surface area contributed by atoms with Crippen LogP contribution in [0.3, 0.4) is 0 Å². The fourth-order valence-corrected chi connectivity index (χ4v) is 1.67. The Labute approximate surface area is 118 Å². The van der Waals surface area contributed by atoms with Gasteiger partial charge in [0.15, 0.2) is 0 Å². The molecule has 0 bridgehead atoms. The van der Waals surface area contributed by atoms with Crippen molar-refractivity contribution in [3.05, 3.63) is 39.4 Å². The molecule has 0 spiro atoms. The molecule has 1 rings (SSSR count). The molecule has 6 nitrogen and oxygen atoms in total. The van der Waals surface area contributed by atoms with Crippen molar-refractivity contribution >= 4 is 11.7 Å². The summed E-state index contributed by atoms with van der Waals surface area (Å²) in [5, 5.41) is 11.1. The van der Waals surface area contributed by atoms with Gasteiger partial charge in [0.1, 0.15) is 11.2 Å². The fraction of sp³-hybridized carbons (Fsp3) is 0.500. The first-order chi connectivity index (χ1) is 9.15. The van der Waals surface area contributed by atoms with Gasteiger partial charge in [-0.05, 0) is 38.8 Å². The predicted molar refractivity (Wildman–Crippen MR) is 75.5 cm³/mol. The molecule has 2 N–H and O–H groups in total. The van der Waals surface area contributed by atoms with E-state index >= 15 is 0 Å². The first kappa shape index (κ1) is 16.1. The van der Waals surface area contributed by atoms with Crippen LogP contribution < -0.4 is 5.73 Å². The molecular formula is C14H20N2O4. The largest absolute Gasteiger partial charge is 0.456 e. The molecule has 0 saturated carbocycles. The van der Waals surface area contributed by atoms with Crippen molar-refractivity contribution in [3.63, 3.8) is 0 Å². The lowest BCUT2D eigenvalue weighted by Crippen LogP contribution is -2.24. The zero-order valence-corrected chi connectivity index (χ0v) is 12.2. The number of hydrogen-bond acceptors (Lipinski definition) is 5. The number of nitro groups is 1. The monoisotopic (exact) mass is 280 g/mol. The van der Waals surface area contributed by atoms with E-state index in [-0.39, 0.29) is 17.3 Å². The van der Waals surface area contributed by atoms with Crippen molar-refractivity contribution in [1.82, 2.24) is 0 Å². The Hall–Kier alpha value is -1.95. The van der Waals surface area contributed by atoms with Crippen LogP contribution in [0.2, 0.25) is 0 Å². The van der Waals surface area contributed by atoms with Crippen LogP contribution in [-0.2, 0) is 4.74 Å². The summed E-state index contributed by atoms with van der Waals surface area (Å²) in [5.74, 6) is -0.708. The van der Waals surface area contributed by atoms with Gasteiger partial charge in [0.25, 0.3) is 5.69 Å². The summed E-state index contributed by atoms with van der Waals surface area (Å²) in [6, 6.07) is 4.08. The zero-order chi connectivity index (χ0) is 15.5. The molecule has 110 valence electrons. The Kier molecular flexibility index (Phi) is 4.83. The number of hydrogen-bond donors (Lipinski definition) is 1. The molecule has 0 amide bonds. The second-order valence-corrected chi connectivity index (χ2v) is 5.55. The topological polar surface area (TPSA) is 95.5 Å². The van der Waals surface area contributed by atoms with Crippen LogP contribution >= 0.6 is 0 Å². The third kappa shape index (κ3) is 4.03. The Bertz CT molecular complexity index is 520. The minimum absolute atomic E-state index is 0.0584. The van der Waals surface area contributed by atoms with Crippen LogP contribution in [0, 0.1) is 10.1 Å². The number of esters is 1. The lowest BCUT2D eigenvalue weighted by atomic mass is 10.0. The lowest BCUT2D eigenvalue weighted by Gasteiger charge is -2.19. The Balaban J connectivity index is 3.20. The van der Waals surface area contributed by atoms with Gasteiger partial charge in [0.05, 0.1) is 4.92 Å². The number of nitrogens with two attached hydrogens (primary N) is 1. The van der Waals surface area contributed by atoms with Crippen LogP contribution in [0.25, 0.3) is 0 Å². The van der Waals surface area contributed by atoms with Crippen molar-refractivity contribution < 1.29 is 14.5 Å². The maximum atomic E-state index is 12.0. The molecule has 0 fully saturated rings. The van der Waals surface area contributed by atoms with Gasteiger partial charge in [-0.25, -0.2) is 4.79 Å². The number of nitro benzene ring substituents is 1. The number of benzene rings is 1. The molecule has 0 aliphatic carbocycles. The van der Waals surface area contributed by atoms with Gasteiger partial charge in [0, 0.05) is 12.1 Å². The average Bonchev–Trinajstić information content (AvgIpc) is 2.34. The van der Waals surface area contributed by atoms with Crippen molar-refractivity contribution in [1.29, 1.82) is 0 Å². The number of ether oxygens (including phenoxy) is 1. The fourth-order valence-electron chi connectivity index (χ4n) is 1.67. The van der Waals surface area contributed by atoms with Crippen LogP contribution in [0.4, 0.5) is 5.69 Å². The summed E-state index contributed by atoms with van der Waals surface area (Å²) in [4.78, 5) is 22.5. The molecule has 1 aromatic carbocycles. The third-order valence-corrected chi connectivity index (χ3v) is 2.71. The minimum Gasteiger partial charge on any atom is -0.456 e. The number of carbonyl (C=O) groups excluding carboxylic acids is 1. The molecule has 0 aromatic heterocycles. The number of rotatable bonds is 4. The smallest absolute Gasteiger partial charge is 0.345 e. The maximum Gasteiger partial charge on any atom is 0.345 e. The van der Waals surface area contributed by atoms with E-state index in [1.54, 1.807) is 26.8 Å². The van der Waals surface area contributed by atoms with Gasteiger partial charge in [0.2, 0.25) is 0 Å². The van der Waals surface area contributed by atoms with Crippen LogP contribution in [0.1, 0.15) is 56.1 Å². The highest BCUT2D eigenvalue weighted by Crippen LogP contribution is 2.26. The SMILES string of the molecule is CC[C@@H](N)c1ccc(C(=O)OC(C)(C)C)c([N+](=O)[O-])c1. The third-order valence-electron chi connectivity index (χ3n) is 2.71. The van der Waals surface area contributed by atoms with E-state index in [2.05, 4.69) is 0 Å². The molecule has 1 aromatic rings. The Morgan fingerprint density at radius 2 is 2.05 bits per heavy atom. The zero-order valence-electron chi connectivity index (χ0n) is 12.2. The molecule has 6 heteroatoms. The van der Waals surface area contributed by atoms with E-state index in [0.717, 1.165) is 0 Å². The van der Waals surface area contributed by atoms with Gasteiger partial charge in [-0.2, -0.15) is 0 Å². The van der Waals surface area contributed by atoms with Crippen LogP contribution in [-0.4, -0.2) is 16.5 Å². The number of nitrogens with zero attached hydrogens (tertiary/aromatic N) is 1. The highest BCUT2D eigenvalue weighted by Gasteiger charge is 2.26. The quantitative estimate of drug-likeness (QED) is 0.519. The van der Waals surface area contributed by atoms with E-state index in [4.69, 9.17) is 10.5 Å². The van der Waals surface area contributed by atoms with Gasteiger partial charge < -0.3 is 10.5 Å². The van der Waals surface area contributed by atoms with Gasteiger partial charge >= 0.3 is 5.97 Å². The molecule has 0 unspecified atom stereocenters. The number of carbonyl (C=O) groups is 1. The van der Waals surface area contributed by atoms with E-state index in [1.165, 1.54) is 12.1 Å². The second kappa shape index (κ2) is 6.00. The van der Waals surface area contributed by atoms with Crippen LogP contribution in [0.15, 0.2) is 18.2 Å². The standard InChI is InChI=1S/C14H20N2O4/c1-5-11(15)9-6-7-10(12(8-9)16(18)19)13(17)20-14(2,3)4/h6-8,11H,5,15H2,1-4H3/t11-/m1/s1. The van der Waals surface area contributed by atoms with Crippen molar-refractivity contribution in [2.45, 2.75) is 45.8 Å². The summed E-state index contributed by atoms with van der Waals surface area (Å²) >= 11 is 0. The second-order valence-electron chi connectivity index (χ2n) is 5.55. The van der Waals surface area contributed by atoms with Gasteiger partial charge in [-0.15, -0.1) is 0 Å². The maximum absolute atomic E-state index is 12.0.